The number of thiocarbonyl (C=S) groups is 1. The van der Waals surface area contributed by atoms with Crippen molar-refractivity contribution < 1.29 is 9.18 Å². The summed E-state index contributed by atoms with van der Waals surface area (Å²) in [6.07, 6.45) is 0. The number of piperazine rings is 1. The summed E-state index contributed by atoms with van der Waals surface area (Å²) >= 11 is 5.47. The van der Waals surface area contributed by atoms with Gasteiger partial charge in [-0.05, 0) is 55.5 Å². The fraction of sp³-hybridized carbons (Fsp3) is 0.263. The molecule has 2 aromatic carbocycles. The van der Waals surface area contributed by atoms with Crippen molar-refractivity contribution in [3.63, 3.8) is 0 Å². The molecule has 6 heteroatoms. The van der Waals surface area contributed by atoms with Crippen LogP contribution in [0.4, 0.5) is 10.1 Å². The van der Waals surface area contributed by atoms with Crippen molar-refractivity contribution in [3.05, 3.63) is 65.5 Å². The lowest BCUT2D eigenvalue weighted by Crippen LogP contribution is -2.51. The number of anilines is 1. The number of hydrogen-bond acceptors (Lipinski definition) is 2. The quantitative estimate of drug-likeness (QED) is 0.837. The molecule has 0 unspecified atom stereocenters. The van der Waals surface area contributed by atoms with Crippen molar-refractivity contribution in [2.24, 2.45) is 0 Å². The molecule has 0 spiro atoms. The molecule has 25 heavy (non-hydrogen) atoms. The first-order valence-electron chi connectivity index (χ1n) is 8.20. The maximum absolute atomic E-state index is 13.0. The molecule has 0 atom stereocenters. The van der Waals surface area contributed by atoms with E-state index in [0.29, 0.717) is 36.9 Å². The summed E-state index contributed by atoms with van der Waals surface area (Å²) in [5.41, 5.74) is 2.67. The topological polar surface area (TPSA) is 35.6 Å². The van der Waals surface area contributed by atoms with Gasteiger partial charge in [0.1, 0.15) is 5.82 Å². The normalized spacial score (nSPS) is 14.3. The molecule has 1 aliphatic heterocycles. The standard InChI is InChI=1S/C19H20FN3OS/c1-14-2-8-17(9-3-14)21-19(25)23-12-10-22(11-13-23)18(24)15-4-6-16(20)7-5-15/h2-9H,10-13H2,1H3,(H,21,25). The third-order valence-corrected chi connectivity index (χ3v) is 4.61. The lowest BCUT2D eigenvalue weighted by molar-refractivity contribution is 0.0693. The van der Waals surface area contributed by atoms with E-state index in [2.05, 4.69) is 10.2 Å². The van der Waals surface area contributed by atoms with Crippen LogP contribution >= 0.6 is 12.2 Å². The summed E-state index contributed by atoms with van der Waals surface area (Å²) < 4.78 is 13.0. The van der Waals surface area contributed by atoms with E-state index < -0.39 is 0 Å². The van der Waals surface area contributed by atoms with Crippen molar-refractivity contribution in [1.82, 2.24) is 9.80 Å². The maximum atomic E-state index is 13.0. The van der Waals surface area contributed by atoms with Crippen LogP contribution in [0.25, 0.3) is 0 Å². The minimum absolute atomic E-state index is 0.0722. The van der Waals surface area contributed by atoms with E-state index >= 15 is 0 Å². The summed E-state index contributed by atoms with van der Waals surface area (Å²) in [6, 6.07) is 13.7. The van der Waals surface area contributed by atoms with Crippen LogP contribution in [0.3, 0.4) is 0 Å². The van der Waals surface area contributed by atoms with Crippen molar-refractivity contribution in [2.45, 2.75) is 6.92 Å². The molecular formula is C19H20FN3OS. The van der Waals surface area contributed by atoms with Crippen LogP contribution in [-0.4, -0.2) is 47.0 Å². The van der Waals surface area contributed by atoms with Crippen LogP contribution in [-0.2, 0) is 0 Å². The predicted octanol–water partition coefficient (Wildman–Crippen LogP) is 3.29. The highest BCUT2D eigenvalue weighted by Gasteiger charge is 2.23. The lowest BCUT2D eigenvalue weighted by atomic mass is 10.2. The SMILES string of the molecule is Cc1ccc(NC(=S)N2CCN(C(=O)c3ccc(F)cc3)CC2)cc1. The Morgan fingerprint density at radius 3 is 2.12 bits per heavy atom. The van der Waals surface area contributed by atoms with E-state index in [1.54, 1.807) is 4.90 Å². The Balaban J connectivity index is 1.54. The number of carbonyl (C=O) groups excluding carboxylic acids is 1. The van der Waals surface area contributed by atoms with E-state index in [1.807, 2.05) is 31.2 Å². The van der Waals surface area contributed by atoms with Crippen LogP contribution in [0, 0.1) is 12.7 Å². The monoisotopic (exact) mass is 357 g/mol. The molecule has 0 radical (unpaired) electrons. The number of benzene rings is 2. The van der Waals surface area contributed by atoms with Gasteiger partial charge in [-0.15, -0.1) is 0 Å². The second kappa shape index (κ2) is 7.61. The van der Waals surface area contributed by atoms with Gasteiger partial charge in [0.2, 0.25) is 0 Å². The van der Waals surface area contributed by atoms with Gasteiger partial charge in [0.25, 0.3) is 5.91 Å². The number of carbonyl (C=O) groups is 1. The van der Waals surface area contributed by atoms with Gasteiger partial charge in [0, 0.05) is 37.4 Å². The van der Waals surface area contributed by atoms with E-state index in [0.717, 1.165) is 5.69 Å². The van der Waals surface area contributed by atoms with Gasteiger partial charge < -0.3 is 15.1 Å². The number of halogens is 1. The molecule has 0 bridgehead atoms. The third-order valence-electron chi connectivity index (χ3n) is 4.25. The number of aryl methyl sites for hydroxylation is 1. The summed E-state index contributed by atoms with van der Waals surface area (Å²) in [5, 5.41) is 3.90. The van der Waals surface area contributed by atoms with Gasteiger partial charge in [-0.3, -0.25) is 4.79 Å². The van der Waals surface area contributed by atoms with E-state index in [4.69, 9.17) is 12.2 Å². The minimum Gasteiger partial charge on any atom is -0.345 e. The predicted molar refractivity (Wildman–Crippen MR) is 101 cm³/mol. The average molecular weight is 357 g/mol. The van der Waals surface area contributed by atoms with Crippen LogP contribution < -0.4 is 5.32 Å². The zero-order valence-electron chi connectivity index (χ0n) is 14.0. The molecular weight excluding hydrogens is 337 g/mol. The highest BCUT2D eigenvalue weighted by Crippen LogP contribution is 2.13. The number of nitrogens with one attached hydrogen (secondary N) is 1. The van der Waals surface area contributed by atoms with E-state index in [-0.39, 0.29) is 11.7 Å². The molecule has 1 amide bonds. The zero-order chi connectivity index (χ0) is 17.8. The molecule has 1 heterocycles. The Bertz CT molecular complexity index is 753. The van der Waals surface area contributed by atoms with Gasteiger partial charge in [0.05, 0.1) is 0 Å². The first-order chi connectivity index (χ1) is 12.0. The fourth-order valence-electron chi connectivity index (χ4n) is 2.73. The zero-order valence-corrected chi connectivity index (χ0v) is 14.9. The molecule has 2 aromatic rings. The molecule has 0 aromatic heterocycles. The highest BCUT2D eigenvalue weighted by molar-refractivity contribution is 7.80. The Morgan fingerprint density at radius 2 is 1.52 bits per heavy atom. The van der Waals surface area contributed by atoms with E-state index in [1.165, 1.54) is 29.8 Å². The second-order valence-corrected chi connectivity index (χ2v) is 6.47. The van der Waals surface area contributed by atoms with Gasteiger partial charge in [-0.1, -0.05) is 17.7 Å². The first-order valence-corrected chi connectivity index (χ1v) is 8.61. The number of hydrogen-bond donors (Lipinski definition) is 1. The number of rotatable bonds is 2. The smallest absolute Gasteiger partial charge is 0.253 e. The molecule has 1 fully saturated rings. The third kappa shape index (κ3) is 4.33. The maximum Gasteiger partial charge on any atom is 0.253 e. The van der Waals surface area contributed by atoms with Crippen LogP contribution in [0.15, 0.2) is 48.5 Å². The molecule has 1 saturated heterocycles. The van der Waals surface area contributed by atoms with Crippen molar-refractivity contribution >= 4 is 28.9 Å². The molecule has 1 N–H and O–H groups in total. The Morgan fingerprint density at radius 1 is 0.960 bits per heavy atom. The van der Waals surface area contributed by atoms with Gasteiger partial charge in [0.15, 0.2) is 5.11 Å². The van der Waals surface area contributed by atoms with E-state index in [9.17, 15) is 9.18 Å². The van der Waals surface area contributed by atoms with Crippen molar-refractivity contribution in [1.29, 1.82) is 0 Å². The van der Waals surface area contributed by atoms with Crippen LogP contribution in [0.5, 0.6) is 0 Å². The molecule has 130 valence electrons. The summed E-state index contributed by atoms with van der Waals surface area (Å²) in [4.78, 5) is 16.3. The molecule has 4 nitrogen and oxygen atoms in total. The molecule has 0 aliphatic carbocycles. The van der Waals surface area contributed by atoms with Crippen molar-refractivity contribution in [3.8, 4) is 0 Å². The average Bonchev–Trinajstić information content (AvgIpc) is 2.64. The number of amides is 1. The first kappa shape index (κ1) is 17.4. The number of nitrogens with zero attached hydrogens (tertiary/aromatic N) is 2. The van der Waals surface area contributed by atoms with Gasteiger partial charge in [-0.25, -0.2) is 4.39 Å². The van der Waals surface area contributed by atoms with Crippen LogP contribution in [0.2, 0.25) is 0 Å². The molecule has 3 rings (SSSR count). The molecule has 0 saturated carbocycles. The van der Waals surface area contributed by atoms with Crippen LogP contribution in [0.1, 0.15) is 15.9 Å². The van der Waals surface area contributed by atoms with Gasteiger partial charge in [-0.2, -0.15) is 0 Å². The summed E-state index contributed by atoms with van der Waals surface area (Å²) in [5.74, 6) is -0.411. The fourth-order valence-corrected chi connectivity index (χ4v) is 3.03. The Labute approximate surface area is 152 Å². The Hall–Kier alpha value is -2.47. The summed E-state index contributed by atoms with van der Waals surface area (Å²) in [7, 11) is 0. The second-order valence-electron chi connectivity index (χ2n) is 6.08. The lowest BCUT2D eigenvalue weighted by Gasteiger charge is -2.36. The minimum atomic E-state index is -0.339. The largest absolute Gasteiger partial charge is 0.345 e. The molecule has 1 aliphatic rings. The highest BCUT2D eigenvalue weighted by atomic mass is 32.1. The summed E-state index contributed by atoms with van der Waals surface area (Å²) in [6.45, 7) is 4.56. The van der Waals surface area contributed by atoms with Crippen molar-refractivity contribution in [2.75, 3.05) is 31.5 Å². The van der Waals surface area contributed by atoms with Gasteiger partial charge >= 0.3 is 0 Å². The Kier molecular flexibility index (Phi) is 5.28.